The van der Waals surface area contributed by atoms with Gasteiger partial charge in [-0.1, -0.05) is 15.9 Å². The molecule has 5 heteroatoms. The summed E-state index contributed by atoms with van der Waals surface area (Å²) in [6, 6.07) is 1.82. The summed E-state index contributed by atoms with van der Waals surface area (Å²) < 4.78 is 0.842. The Bertz CT molecular complexity index is 397. The predicted molar refractivity (Wildman–Crippen MR) is 69.7 cm³/mol. The van der Waals surface area contributed by atoms with Gasteiger partial charge in [0.05, 0.1) is 5.56 Å². The molecule has 1 fully saturated rings. The molecule has 1 aromatic rings. The van der Waals surface area contributed by atoms with Crippen LogP contribution in [0.3, 0.4) is 0 Å². The van der Waals surface area contributed by atoms with E-state index >= 15 is 0 Å². The number of rotatable bonds is 2. The Morgan fingerprint density at radius 1 is 1.56 bits per heavy atom. The fourth-order valence-electron chi connectivity index (χ4n) is 1.85. The van der Waals surface area contributed by atoms with Crippen molar-refractivity contribution >= 4 is 37.8 Å². The number of amides is 1. The Kier molecular flexibility index (Phi) is 3.97. The fourth-order valence-corrected chi connectivity index (χ4v) is 2.75. The van der Waals surface area contributed by atoms with Gasteiger partial charge in [-0.2, -0.15) is 0 Å². The van der Waals surface area contributed by atoms with E-state index in [1.54, 1.807) is 12.4 Å². The lowest BCUT2D eigenvalue weighted by Crippen LogP contribution is -2.28. The lowest BCUT2D eigenvalue weighted by atomic mass is 10.2. The molecule has 2 heterocycles. The molecule has 1 aliphatic heterocycles. The molecule has 3 nitrogen and oxygen atoms in total. The van der Waals surface area contributed by atoms with E-state index in [2.05, 4.69) is 36.8 Å². The zero-order valence-electron chi connectivity index (χ0n) is 8.70. The summed E-state index contributed by atoms with van der Waals surface area (Å²) in [5.74, 6) is 0.668. The van der Waals surface area contributed by atoms with E-state index in [-0.39, 0.29) is 5.91 Å². The van der Waals surface area contributed by atoms with E-state index < -0.39 is 0 Å². The number of likely N-dealkylation sites (tertiary alicyclic amines) is 1. The Balaban J connectivity index is 2.08. The van der Waals surface area contributed by atoms with Crippen molar-refractivity contribution in [3.8, 4) is 0 Å². The van der Waals surface area contributed by atoms with Gasteiger partial charge in [-0.15, -0.1) is 0 Å². The second-order valence-corrected chi connectivity index (χ2v) is 5.52. The van der Waals surface area contributed by atoms with Crippen molar-refractivity contribution in [3.05, 3.63) is 28.5 Å². The van der Waals surface area contributed by atoms with Gasteiger partial charge in [0.1, 0.15) is 0 Å². The van der Waals surface area contributed by atoms with Gasteiger partial charge in [-0.25, -0.2) is 0 Å². The number of pyridine rings is 1. The zero-order valence-corrected chi connectivity index (χ0v) is 11.9. The number of alkyl halides is 1. The van der Waals surface area contributed by atoms with Gasteiger partial charge in [-0.3, -0.25) is 9.78 Å². The van der Waals surface area contributed by atoms with Crippen LogP contribution in [0.4, 0.5) is 0 Å². The minimum atomic E-state index is 0.0808. The standard InChI is InChI=1S/C11H12Br2N2O/c12-4-8-1-2-15(7-8)11(16)9-3-10(13)6-14-5-9/h3,5-6,8H,1-2,4,7H2. The fraction of sp³-hybridized carbons (Fsp3) is 0.455. The van der Waals surface area contributed by atoms with Crippen LogP contribution in [-0.4, -0.2) is 34.2 Å². The summed E-state index contributed by atoms with van der Waals surface area (Å²) in [5.41, 5.74) is 0.657. The van der Waals surface area contributed by atoms with Crippen LogP contribution in [0.5, 0.6) is 0 Å². The number of halogens is 2. The highest BCUT2D eigenvalue weighted by Gasteiger charge is 2.26. The summed E-state index contributed by atoms with van der Waals surface area (Å²) in [6.07, 6.45) is 4.38. The van der Waals surface area contributed by atoms with Crippen LogP contribution in [0, 0.1) is 5.92 Å². The molecule has 0 aliphatic carbocycles. The first-order valence-corrected chi connectivity index (χ1v) is 7.08. The third-order valence-electron chi connectivity index (χ3n) is 2.74. The van der Waals surface area contributed by atoms with Crippen LogP contribution in [-0.2, 0) is 0 Å². The normalized spacial score (nSPS) is 20.1. The minimum absolute atomic E-state index is 0.0808. The molecule has 1 saturated heterocycles. The Hall–Kier alpha value is -0.420. The summed E-state index contributed by atoms with van der Waals surface area (Å²) in [7, 11) is 0. The van der Waals surface area contributed by atoms with E-state index in [1.807, 2.05) is 11.0 Å². The molecule has 1 aliphatic rings. The van der Waals surface area contributed by atoms with Gasteiger partial charge in [0.15, 0.2) is 0 Å². The van der Waals surface area contributed by atoms with E-state index in [1.165, 1.54) is 0 Å². The number of carbonyl (C=O) groups is 1. The summed E-state index contributed by atoms with van der Waals surface area (Å²) >= 11 is 6.79. The van der Waals surface area contributed by atoms with Crippen molar-refractivity contribution in [2.75, 3.05) is 18.4 Å². The topological polar surface area (TPSA) is 33.2 Å². The van der Waals surface area contributed by atoms with Gasteiger partial charge < -0.3 is 4.90 Å². The molecule has 0 N–H and O–H groups in total. The van der Waals surface area contributed by atoms with Crippen molar-refractivity contribution in [3.63, 3.8) is 0 Å². The van der Waals surface area contributed by atoms with Crippen molar-refractivity contribution < 1.29 is 4.79 Å². The Morgan fingerprint density at radius 2 is 2.38 bits per heavy atom. The van der Waals surface area contributed by atoms with Gasteiger partial charge in [0, 0.05) is 35.3 Å². The number of nitrogens with zero attached hydrogens (tertiary/aromatic N) is 2. The highest BCUT2D eigenvalue weighted by atomic mass is 79.9. The van der Waals surface area contributed by atoms with Crippen molar-refractivity contribution in [2.24, 2.45) is 5.92 Å². The molecule has 2 rings (SSSR count). The molecule has 1 amide bonds. The third-order valence-corrected chi connectivity index (χ3v) is 4.09. The van der Waals surface area contributed by atoms with Crippen LogP contribution >= 0.6 is 31.9 Å². The van der Waals surface area contributed by atoms with Crippen LogP contribution in [0.15, 0.2) is 22.9 Å². The summed E-state index contributed by atoms with van der Waals surface area (Å²) in [6.45, 7) is 1.69. The number of carbonyl (C=O) groups excluding carboxylic acids is 1. The van der Waals surface area contributed by atoms with Crippen LogP contribution in [0.1, 0.15) is 16.8 Å². The maximum absolute atomic E-state index is 12.1. The first-order valence-electron chi connectivity index (χ1n) is 5.16. The third kappa shape index (κ3) is 2.63. The second-order valence-electron chi connectivity index (χ2n) is 3.95. The molecular weight excluding hydrogens is 336 g/mol. The molecule has 86 valence electrons. The van der Waals surface area contributed by atoms with Crippen molar-refractivity contribution in [2.45, 2.75) is 6.42 Å². The highest BCUT2D eigenvalue weighted by Crippen LogP contribution is 2.20. The molecule has 0 saturated carbocycles. The number of hydrogen-bond donors (Lipinski definition) is 0. The number of hydrogen-bond acceptors (Lipinski definition) is 2. The predicted octanol–water partition coefficient (Wildman–Crippen LogP) is 2.70. The molecule has 1 aromatic heterocycles. The molecule has 0 spiro atoms. The van der Waals surface area contributed by atoms with Gasteiger partial charge in [0.25, 0.3) is 5.91 Å². The molecule has 1 unspecified atom stereocenters. The van der Waals surface area contributed by atoms with Crippen LogP contribution in [0.2, 0.25) is 0 Å². The quantitative estimate of drug-likeness (QED) is 0.770. The van der Waals surface area contributed by atoms with Crippen molar-refractivity contribution in [1.29, 1.82) is 0 Å². The second kappa shape index (κ2) is 5.27. The van der Waals surface area contributed by atoms with Gasteiger partial charge in [-0.05, 0) is 34.3 Å². The zero-order chi connectivity index (χ0) is 11.5. The maximum atomic E-state index is 12.1. The average Bonchev–Trinajstić information content (AvgIpc) is 2.76. The monoisotopic (exact) mass is 346 g/mol. The molecule has 16 heavy (non-hydrogen) atoms. The molecule has 0 radical (unpaired) electrons. The first-order chi connectivity index (χ1) is 7.70. The maximum Gasteiger partial charge on any atom is 0.255 e. The van der Waals surface area contributed by atoms with E-state index in [9.17, 15) is 4.79 Å². The van der Waals surface area contributed by atoms with E-state index in [0.29, 0.717) is 11.5 Å². The lowest BCUT2D eigenvalue weighted by molar-refractivity contribution is 0.0788. The van der Waals surface area contributed by atoms with Crippen molar-refractivity contribution in [1.82, 2.24) is 9.88 Å². The molecular formula is C11H12Br2N2O. The SMILES string of the molecule is O=C(c1cncc(Br)c1)N1CCC(CBr)C1. The van der Waals surface area contributed by atoms with E-state index in [4.69, 9.17) is 0 Å². The van der Waals surface area contributed by atoms with Gasteiger partial charge >= 0.3 is 0 Å². The summed E-state index contributed by atoms with van der Waals surface area (Å²) in [4.78, 5) is 18.0. The largest absolute Gasteiger partial charge is 0.338 e. The van der Waals surface area contributed by atoms with Crippen LogP contribution < -0.4 is 0 Å². The van der Waals surface area contributed by atoms with E-state index in [0.717, 1.165) is 29.3 Å². The lowest BCUT2D eigenvalue weighted by Gasteiger charge is -2.15. The van der Waals surface area contributed by atoms with Gasteiger partial charge in [0.2, 0.25) is 0 Å². The highest BCUT2D eigenvalue weighted by molar-refractivity contribution is 9.10. The molecule has 1 atom stereocenters. The first kappa shape index (κ1) is 12.0. The molecule has 0 bridgehead atoms. The summed E-state index contributed by atoms with van der Waals surface area (Å²) in [5, 5.41) is 0.966. The minimum Gasteiger partial charge on any atom is -0.338 e. The Labute approximate surface area is 111 Å². The smallest absolute Gasteiger partial charge is 0.255 e. The van der Waals surface area contributed by atoms with Crippen LogP contribution in [0.25, 0.3) is 0 Å². The average molecular weight is 348 g/mol. The number of aromatic nitrogens is 1. The molecule has 0 aromatic carbocycles. The Morgan fingerprint density at radius 3 is 3.00 bits per heavy atom.